The van der Waals surface area contributed by atoms with E-state index in [1.165, 1.54) is 16.0 Å². The Labute approximate surface area is 139 Å². The molecule has 0 spiro atoms. The number of aromatic nitrogens is 2. The van der Waals surface area contributed by atoms with Crippen molar-refractivity contribution in [3.05, 3.63) is 53.9 Å². The van der Waals surface area contributed by atoms with E-state index in [0.717, 1.165) is 29.6 Å². The van der Waals surface area contributed by atoms with Crippen LogP contribution in [0.25, 0.3) is 10.9 Å². The van der Waals surface area contributed by atoms with Crippen molar-refractivity contribution in [1.29, 1.82) is 0 Å². The number of benzene rings is 2. The summed E-state index contributed by atoms with van der Waals surface area (Å²) >= 11 is 1.72. The summed E-state index contributed by atoms with van der Waals surface area (Å²) in [6.45, 7) is 0. The first kappa shape index (κ1) is 14.3. The third kappa shape index (κ3) is 2.72. The van der Waals surface area contributed by atoms with Gasteiger partial charge in [-0.05, 0) is 60.6 Å². The molecule has 116 valence electrons. The number of thioether (sulfide) groups is 1. The van der Waals surface area contributed by atoms with Crippen LogP contribution in [0.4, 0.5) is 5.82 Å². The number of nitrogens with one attached hydrogen (secondary N) is 1. The molecule has 5 heteroatoms. The van der Waals surface area contributed by atoms with Gasteiger partial charge in [0.05, 0.1) is 5.52 Å². The molecule has 0 amide bonds. The molecule has 2 aromatic carbocycles. The molecule has 1 unspecified atom stereocenters. The fourth-order valence-electron chi connectivity index (χ4n) is 3.18. The van der Waals surface area contributed by atoms with Gasteiger partial charge in [0.1, 0.15) is 17.9 Å². The van der Waals surface area contributed by atoms with Crippen LogP contribution in [-0.2, 0) is 12.8 Å². The van der Waals surface area contributed by atoms with Crippen LogP contribution < -0.4 is 5.32 Å². The van der Waals surface area contributed by atoms with E-state index in [4.69, 9.17) is 0 Å². The van der Waals surface area contributed by atoms with Gasteiger partial charge in [-0.1, -0.05) is 6.07 Å². The number of rotatable bonds is 3. The molecule has 1 atom stereocenters. The van der Waals surface area contributed by atoms with Crippen LogP contribution in [0.2, 0.25) is 0 Å². The molecule has 0 aliphatic heterocycles. The van der Waals surface area contributed by atoms with E-state index < -0.39 is 0 Å². The average molecular weight is 323 g/mol. The summed E-state index contributed by atoms with van der Waals surface area (Å²) in [5.41, 5.74) is 3.46. The van der Waals surface area contributed by atoms with Gasteiger partial charge in [0.2, 0.25) is 0 Å². The minimum atomic E-state index is 0.294. The van der Waals surface area contributed by atoms with Gasteiger partial charge in [-0.25, -0.2) is 9.97 Å². The standard InChI is InChI=1S/C18H17N3OS/c1-23-15-4-5-17-16(9-15)18(20-10-19-17)21-13-6-11-2-3-14(22)8-12(11)7-13/h2-5,8-10,13,22H,6-7H2,1H3,(H,19,20,21). The van der Waals surface area contributed by atoms with Gasteiger partial charge in [0.25, 0.3) is 0 Å². The minimum Gasteiger partial charge on any atom is -0.508 e. The second-order valence-corrected chi connectivity index (χ2v) is 6.69. The third-order valence-electron chi connectivity index (χ3n) is 4.31. The Morgan fingerprint density at radius 1 is 1.09 bits per heavy atom. The number of hydrogen-bond donors (Lipinski definition) is 2. The molecule has 2 N–H and O–H groups in total. The summed E-state index contributed by atoms with van der Waals surface area (Å²) in [6.07, 6.45) is 5.52. The highest BCUT2D eigenvalue weighted by Gasteiger charge is 2.22. The zero-order valence-electron chi connectivity index (χ0n) is 12.8. The molecule has 4 rings (SSSR count). The first-order valence-electron chi connectivity index (χ1n) is 7.59. The number of nitrogens with zero attached hydrogens (tertiary/aromatic N) is 2. The molecule has 0 bridgehead atoms. The summed E-state index contributed by atoms with van der Waals surface area (Å²) in [7, 11) is 0. The van der Waals surface area contributed by atoms with Gasteiger partial charge in [-0.3, -0.25) is 0 Å². The smallest absolute Gasteiger partial charge is 0.137 e. The normalized spacial score (nSPS) is 16.5. The van der Waals surface area contributed by atoms with Crippen LogP contribution in [-0.4, -0.2) is 27.4 Å². The largest absolute Gasteiger partial charge is 0.508 e. The number of fused-ring (bicyclic) bond motifs is 2. The minimum absolute atomic E-state index is 0.294. The van der Waals surface area contributed by atoms with Crippen molar-refractivity contribution in [2.45, 2.75) is 23.8 Å². The number of hydrogen-bond acceptors (Lipinski definition) is 5. The van der Waals surface area contributed by atoms with Crippen LogP contribution in [0.15, 0.2) is 47.6 Å². The topological polar surface area (TPSA) is 58.0 Å². The fourth-order valence-corrected chi connectivity index (χ4v) is 3.62. The summed E-state index contributed by atoms with van der Waals surface area (Å²) in [5, 5.41) is 14.2. The lowest BCUT2D eigenvalue weighted by molar-refractivity contribution is 0.474. The van der Waals surface area contributed by atoms with Crippen molar-refractivity contribution >= 4 is 28.5 Å². The lowest BCUT2D eigenvalue weighted by Crippen LogP contribution is -2.20. The van der Waals surface area contributed by atoms with Crippen molar-refractivity contribution in [1.82, 2.24) is 9.97 Å². The van der Waals surface area contributed by atoms with E-state index in [2.05, 4.69) is 33.7 Å². The zero-order valence-corrected chi connectivity index (χ0v) is 13.6. The Kier molecular flexibility index (Phi) is 3.58. The molecule has 0 saturated heterocycles. The van der Waals surface area contributed by atoms with Crippen molar-refractivity contribution in [2.75, 3.05) is 11.6 Å². The van der Waals surface area contributed by atoms with Crippen molar-refractivity contribution in [3.8, 4) is 5.75 Å². The monoisotopic (exact) mass is 323 g/mol. The van der Waals surface area contributed by atoms with E-state index in [1.807, 2.05) is 18.2 Å². The Bertz CT molecular complexity index is 881. The van der Waals surface area contributed by atoms with E-state index in [-0.39, 0.29) is 0 Å². The number of phenolic OH excluding ortho intramolecular Hbond substituents is 1. The summed E-state index contributed by atoms with van der Waals surface area (Å²) in [6, 6.07) is 12.2. The second kappa shape index (κ2) is 5.74. The first-order chi connectivity index (χ1) is 11.2. The molecular weight excluding hydrogens is 306 g/mol. The van der Waals surface area contributed by atoms with Gasteiger partial charge < -0.3 is 10.4 Å². The molecule has 1 aromatic heterocycles. The van der Waals surface area contributed by atoms with Gasteiger partial charge >= 0.3 is 0 Å². The Morgan fingerprint density at radius 2 is 1.96 bits per heavy atom. The molecule has 0 fully saturated rings. The van der Waals surface area contributed by atoms with Crippen molar-refractivity contribution in [2.24, 2.45) is 0 Å². The maximum absolute atomic E-state index is 9.63. The maximum Gasteiger partial charge on any atom is 0.137 e. The zero-order chi connectivity index (χ0) is 15.8. The summed E-state index contributed by atoms with van der Waals surface area (Å²) in [5.74, 6) is 1.22. The molecule has 23 heavy (non-hydrogen) atoms. The lowest BCUT2D eigenvalue weighted by atomic mass is 10.1. The van der Waals surface area contributed by atoms with Crippen LogP contribution in [0.5, 0.6) is 5.75 Å². The highest BCUT2D eigenvalue weighted by molar-refractivity contribution is 7.98. The molecule has 1 heterocycles. The van der Waals surface area contributed by atoms with E-state index in [1.54, 1.807) is 24.2 Å². The number of phenols is 1. The van der Waals surface area contributed by atoms with Gasteiger partial charge in [-0.15, -0.1) is 11.8 Å². The average Bonchev–Trinajstić information content (AvgIpc) is 2.96. The molecule has 1 aliphatic carbocycles. The van der Waals surface area contributed by atoms with E-state index >= 15 is 0 Å². The predicted molar refractivity (Wildman–Crippen MR) is 94.2 cm³/mol. The predicted octanol–water partition coefficient (Wildman–Crippen LogP) is 3.64. The SMILES string of the molecule is CSc1ccc2ncnc(NC3Cc4ccc(O)cc4C3)c2c1. The van der Waals surface area contributed by atoms with Crippen molar-refractivity contribution in [3.63, 3.8) is 0 Å². The van der Waals surface area contributed by atoms with E-state index in [9.17, 15) is 5.11 Å². The van der Waals surface area contributed by atoms with Gasteiger partial charge in [-0.2, -0.15) is 0 Å². The molecule has 0 saturated carbocycles. The van der Waals surface area contributed by atoms with Crippen LogP contribution >= 0.6 is 11.8 Å². The Hall–Kier alpha value is -2.27. The molecular formula is C18H17N3OS. The number of aromatic hydroxyl groups is 1. The van der Waals surface area contributed by atoms with Gasteiger partial charge in [0.15, 0.2) is 0 Å². The Balaban J connectivity index is 1.64. The molecule has 3 aromatic rings. The van der Waals surface area contributed by atoms with Gasteiger partial charge in [0, 0.05) is 16.3 Å². The van der Waals surface area contributed by atoms with Crippen molar-refractivity contribution < 1.29 is 5.11 Å². The highest BCUT2D eigenvalue weighted by Crippen LogP contribution is 2.30. The second-order valence-electron chi connectivity index (χ2n) is 5.81. The quantitative estimate of drug-likeness (QED) is 0.721. The third-order valence-corrected chi connectivity index (χ3v) is 5.03. The highest BCUT2D eigenvalue weighted by atomic mass is 32.2. The summed E-state index contributed by atoms with van der Waals surface area (Å²) in [4.78, 5) is 10.00. The Morgan fingerprint density at radius 3 is 2.83 bits per heavy atom. The number of anilines is 1. The molecule has 0 radical (unpaired) electrons. The van der Waals surface area contributed by atoms with E-state index in [0.29, 0.717) is 11.8 Å². The summed E-state index contributed by atoms with van der Waals surface area (Å²) < 4.78 is 0. The van der Waals surface area contributed by atoms with Crippen LogP contribution in [0.1, 0.15) is 11.1 Å². The lowest BCUT2D eigenvalue weighted by Gasteiger charge is -2.14. The molecule has 4 nitrogen and oxygen atoms in total. The molecule has 1 aliphatic rings. The fraction of sp³-hybridized carbons (Fsp3) is 0.222. The first-order valence-corrected chi connectivity index (χ1v) is 8.81. The maximum atomic E-state index is 9.63. The van der Waals surface area contributed by atoms with Crippen LogP contribution in [0, 0.1) is 0 Å². The van der Waals surface area contributed by atoms with Crippen LogP contribution in [0.3, 0.4) is 0 Å².